The van der Waals surface area contributed by atoms with Gasteiger partial charge < -0.3 is 11.1 Å². The van der Waals surface area contributed by atoms with Gasteiger partial charge in [-0.05, 0) is 38.6 Å². The minimum Gasteiger partial charge on any atom is -0.368 e. The second kappa shape index (κ2) is 4.00. The largest absolute Gasteiger partial charge is 0.368 e. The maximum Gasteiger partial charge on any atom is 0.234 e. The normalized spacial score (nSPS) is 34.9. The first-order chi connectivity index (χ1) is 7.48. The number of rotatable bonds is 3. The third kappa shape index (κ3) is 1.64. The van der Waals surface area contributed by atoms with E-state index in [9.17, 15) is 4.79 Å². The van der Waals surface area contributed by atoms with E-state index in [0.29, 0.717) is 11.8 Å². The highest BCUT2D eigenvalue weighted by Gasteiger charge is 2.51. The first-order valence-corrected chi connectivity index (χ1v) is 6.25. The van der Waals surface area contributed by atoms with Gasteiger partial charge in [-0.25, -0.2) is 0 Å². The number of likely N-dealkylation sites (tertiary alicyclic amines) is 1. The molecular weight excluding hydrogens is 202 g/mol. The lowest BCUT2D eigenvalue weighted by atomic mass is 9.84. The third-order valence-electron chi connectivity index (χ3n) is 4.51. The van der Waals surface area contributed by atoms with Gasteiger partial charge in [-0.15, -0.1) is 0 Å². The van der Waals surface area contributed by atoms with Gasteiger partial charge >= 0.3 is 0 Å². The van der Waals surface area contributed by atoms with Crippen LogP contribution in [0, 0.1) is 11.8 Å². The smallest absolute Gasteiger partial charge is 0.234 e. The predicted octanol–water partition coefficient (Wildman–Crippen LogP) is 0.180. The Morgan fingerprint density at radius 3 is 2.75 bits per heavy atom. The number of amides is 1. The summed E-state index contributed by atoms with van der Waals surface area (Å²) in [6, 6.07) is -0.0967. The molecule has 2 aliphatic rings. The lowest BCUT2D eigenvalue weighted by molar-refractivity contribution is -0.125. The van der Waals surface area contributed by atoms with Crippen molar-refractivity contribution in [3.8, 4) is 0 Å². The fourth-order valence-electron chi connectivity index (χ4n) is 3.56. The van der Waals surface area contributed by atoms with E-state index in [1.807, 2.05) is 6.92 Å². The Labute approximate surface area is 97.6 Å². The van der Waals surface area contributed by atoms with Crippen LogP contribution in [0.25, 0.3) is 0 Å². The molecule has 0 aromatic heterocycles. The van der Waals surface area contributed by atoms with Gasteiger partial charge in [0.25, 0.3) is 0 Å². The molecule has 0 aliphatic carbocycles. The SMILES string of the molecule is CCC(C(N)=O)N1CC2CNCC2C1(C)C. The zero-order valence-electron chi connectivity index (χ0n) is 10.5. The summed E-state index contributed by atoms with van der Waals surface area (Å²) in [6.45, 7) is 9.69. The Bertz CT molecular complexity index is 290. The van der Waals surface area contributed by atoms with Crippen molar-refractivity contribution < 1.29 is 4.79 Å². The van der Waals surface area contributed by atoms with Crippen LogP contribution in [0.5, 0.6) is 0 Å². The van der Waals surface area contributed by atoms with Gasteiger partial charge in [-0.2, -0.15) is 0 Å². The van der Waals surface area contributed by atoms with Gasteiger partial charge in [0.1, 0.15) is 0 Å². The number of nitrogens with zero attached hydrogens (tertiary/aromatic N) is 1. The average Bonchev–Trinajstić information content (AvgIpc) is 2.72. The Balaban J connectivity index is 2.20. The molecule has 2 rings (SSSR count). The summed E-state index contributed by atoms with van der Waals surface area (Å²) in [5.74, 6) is 1.16. The van der Waals surface area contributed by atoms with Crippen LogP contribution < -0.4 is 11.1 Å². The second-order valence-electron chi connectivity index (χ2n) is 5.66. The molecule has 3 N–H and O–H groups in total. The molecule has 3 atom stereocenters. The highest BCUT2D eigenvalue weighted by molar-refractivity contribution is 5.80. The van der Waals surface area contributed by atoms with Gasteiger partial charge in [0.2, 0.25) is 5.91 Å². The summed E-state index contributed by atoms with van der Waals surface area (Å²) in [4.78, 5) is 13.8. The Morgan fingerprint density at radius 2 is 2.25 bits per heavy atom. The minimum absolute atomic E-state index is 0.0872. The molecule has 0 aromatic carbocycles. The van der Waals surface area contributed by atoms with Crippen LogP contribution in [-0.2, 0) is 4.79 Å². The maximum absolute atomic E-state index is 11.5. The Hall–Kier alpha value is -0.610. The summed E-state index contributed by atoms with van der Waals surface area (Å²) >= 11 is 0. The molecule has 2 heterocycles. The number of hydrogen-bond donors (Lipinski definition) is 2. The summed E-state index contributed by atoms with van der Waals surface area (Å²) in [7, 11) is 0. The summed E-state index contributed by atoms with van der Waals surface area (Å²) in [6.07, 6.45) is 0.811. The number of fused-ring (bicyclic) bond motifs is 1. The standard InChI is InChI=1S/C12H23N3O/c1-4-10(11(13)16)15-7-8-5-14-6-9(8)12(15,2)3/h8-10,14H,4-7H2,1-3H3,(H2,13,16). The van der Waals surface area contributed by atoms with Gasteiger partial charge in [0, 0.05) is 18.6 Å². The monoisotopic (exact) mass is 225 g/mol. The van der Waals surface area contributed by atoms with E-state index in [4.69, 9.17) is 5.73 Å². The molecule has 16 heavy (non-hydrogen) atoms. The summed E-state index contributed by atoms with van der Waals surface area (Å²) < 4.78 is 0. The van der Waals surface area contributed by atoms with Crippen molar-refractivity contribution >= 4 is 5.91 Å². The molecule has 2 saturated heterocycles. The molecule has 92 valence electrons. The number of hydrogen-bond acceptors (Lipinski definition) is 3. The number of nitrogens with one attached hydrogen (secondary N) is 1. The molecule has 0 bridgehead atoms. The lowest BCUT2D eigenvalue weighted by Gasteiger charge is -2.39. The van der Waals surface area contributed by atoms with E-state index in [2.05, 4.69) is 24.1 Å². The van der Waals surface area contributed by atoms with Crippen LogP contribution in [0.4, 0.5) is 0 Å². The average molecular weight is 225 g/mol. The van der Waals surface area contributed by atoms with Crippen molar-refractivity contribution in [3.63, 3.8) is 0 Å². The molecule has 0 aromatic rings. The van der Waals surface area contributed by atoms with Crippen LogP contribution in [0.15, 0.2) is 0 Å². The molecule has 3 unspecified atom stereocenters. The summed E-state index contributed by atoms with van der Waals surface area (Å²) in [5, 5.41) is 3.44. The van der Waals surface area contributed by atoms with Crippen LogP contribution in [-0.4, -0.2) is 42.0 Å². The van der Waals surface area contributed by atoms with Crippen LogP contribution in [0.1, 0.15) is 27.2 Å². The molecule has 2 fully saturated rings. The number of nitrogens with two attached hydrogens (primary N) is 1. The van der Waals surface area contributed by atoms with Crippen molar-refractivity contribution in [2.24, 2.45) is 17.6 Å². The third-order valence-corrected chi connectivity index (χ3v) is 4.51. The number of carbonyl (C=O) groups is 1. The van der Waals surface area contributed by atoms with Crippen molar-refractivity contribution in [1.82, 2.24) is 10.2 Å². The van der Waals surface area contributed by atoms with Gasteiger partial charge in [-0.3, -0.25) is 9.69 Å². The first-order valence-electron chi connectivity index (χ1n) is 6.25. The van der Waals surface area contributed by atoms with Crippen molar-refractivity contribution in [2.75, 3.05) is 19.6 Å². The Kier molecular flexibility index (Phi) is 2.97. The number of primary amides is 1. The minimum atomic E-state index is -0.177. The van der Waals surface area contributed by atoms with Gasteiger partial charge in [-0.1, -0.05) is 6.92 Å². The molecule has 1 amide bonds. The van der Waals surface area contributed by atoms with Crippen LogP contribution in [0.2, 0.25) is 0 Å². The van der Waals surface area contributed by atoms with E-state index < -0.39 is 0 Å². The fourth-order valence-corrected chi connectivity index (χ4v) is 3.56. The molecule has 2 aliphatic heterocycles. The molecule has 4 nitrogen and oxygen atoms in total. The number of carbonyl (C=O) groups excluding carboxylic acids is 1. The van der Waals surface area contributed by atoms with E-state index in [1.165, 1.54) is 0 Å². The van der Waals surface area contributed by atoms with Gasteiger partial charge in [0.05, 0.1) is 6.04 Å². The van der Waals surface area contributed by atoms with Crippen LogP contribution in [0.3, 0.4) is 0 Å². The molecule has 4 heteroatoms. The zero-order chi connectivity index (χ0) is 11.9. The van der Waals surface area contributed by atoms with Gasteiger partial charge in [0.15, 0.2) is 0 Å². The zero-order valence-corrected chi connectivity index (χ0v) is 10.5. The van der Waals surface area contributed by atoms with E-state index in [0.717, 1.165) is 26.1 Å². The van der Waals surface area contributed by atoms with E-state index >= 15 is 0 Å². The van der Waals surface area contributed by atoms with Crippen molar-refractivity contribution in [3.05, 3.63) is 0 Å². The predicted molar refractivity (Wildman–Crippen MR) is 63.9 cm³/mol. The maximum atomic E-state index is 11.5. The van der Waals surface area contributed by atoms with Crippen molar-refractivity contribution in [1.29, 1.82) is 0 Å². The fraction of sp³-hybridized carbons (Fsp3) is 0.917. The lowest BCUT2D eigenvalue weighted by Crippen LogP contribution is -2.54. The quantitative estimate of drug-likeness (QED) is 0.720. The first kappa shape index (κ1) is 11.9. The molecule has 0 saturated carbocycles. The second-order valence-corrected chi connectivity index (χ2v) is 5.66. The highest BCUT2D eigenvalue weighted by Crippen LogP contribution is 2.41. The highest BCUT2D eigenvalue weighted by atomic mass is 16.1. The van der Waals surface area contributed by atoms with E-state index in [-0.39, 0.29) is 17.5 Å². The van der Waals surface area contributed by atoms with Crippen molar-refractivity contribution in [2.45, 2.75) is 38.8 Å². The summed E-state index contributed by atoms with van der Waals surface area (Å²) in [5.41, 5.74) is 5.59. The molecular formula is C12H23N3O. The van der Waals surface area contributed by atoms with Crippen LogP contribution >= 0.6 is 0 Å². The Morgan fingerprint density at radius 1 is 1.56 bits per heavy atom. The molecule has 0 spiro atoms. The van der Waals surface area contributed by atoms with E-state index in [1.54, 1.807) is 0 Å². The topological polar surface area (TPSA) is 58.4 Å². The molecule has 0 radical (unpaired) electrons.